The summed E-state index contributed by atoms with van der Waals surface area (Å²) >= 11 is 0. The Balaban J connectivity index is 2.32. The monoisotopic (exact) mass is 178 g/mol. The van der Waals surface area contributed by atoms with Crippen molar-refractivity contribution in [2.45, 2.75) is 46.0 Å². The Kier molecular flexibility index (Phi) is 2.27. The zero-order valence-electron chi connectivity index (χ0n) is 8.60. The van der Waals surface area contributed by atoms with Crippen molar-refractivity contribution < 1.29 is 4.79 Å². The van der Waals surface area contributed by atoms with Gasteiger partial charge in [0.1, 0.15) is 0 Å². The maximum Gasteiger partial charge on any atom is 0.159 e. The van der Waals surface area contributed by atoms with Crippen molar-refractivity contribution in [3.05, 3.63) is 11.1 Å². The first-order valence-electron chi connectivity index (χ1n) is 5.46. The largest absolute Gasteiger partial charge is 0.295 e. The molecule has 1 atom stereocenters. The Hall–Kier alpha value is -0.590. The number of allylic oxidation sites excluding steroid dienone is 2. The fourth-order valence-corrected chi connectivity index (χ4v) is 2.87. The van der Waals surface area contributed by atoms with E-state index in [4.69, 9.17) is 0 Å². The number of hydrogen-bond donors (Lipinski definition) is 0. The molecule has 72 valence electrons. The lowest BCUT2D eigenvalue weighted by Gasteiger charge is -2.21. The van der Waals surface area contributed by atoms with E-state index in [9.17, 15) is 4.79 Å². The van der Waals surface area contributed by atoms with E-state index in [-0.39, 0.29) is 0 Å². The molecule has 1 saturated carbocycles. The smallest absolute Gasteiger partial charge is 0.159 e. The Bertz CT molecular complexity index is 260. The van der Waals surface area contributed by atoms with Crippen molar-refractivity contribution >= 4 is 5.78 Å². The van der Waals surface area contributed by atoms with Gasteiger partial charge in [-0.05, 0) is 36.7 Å². The van der Waals surface area contributed by atoms with Crippen molar-refractivity contribution in [2.24, 2.45) is 11.8 Å². The zero-order chi connectivity index (χ0) is 9.42. The van der Waals surface area contributed by atoms with Crippen LogP contribution in [-0.2, 0) is 4.79 Å². The van der Waals surface area contributed by atoms with Gasteiger partial charge in [-0.15, -0.1) is 0 Å². The number of hydrogen-bond acceptors (Lipinski definition) is 1. The fourth-order valence-electron chi connectivity index (χ4n) is 2.87. The topological polar surface area (TPSA) is 17.1 Å². The lowest BCUT2D eigenvalue weighted by molar-refractivity contribution is -0.115. The number of carbonyl (C=O) groups excluding carboxylic acids is 1. The molecule has 0 bridgehead atoms. The summed E-state index contributed by atoms with van der Waals surface area (Å²) in [5.41, 5.74) is 2.70. The molecule has 2 rings (SSSR count). The van der Waals surface area contributed by atoms with Crippen LogP contribution in [-0.4, -0.2) is 5.78 Å². The molecule has 1 heteroatoms. The SMILES string of the molecule is CC(C)C1=C2CCCCC2CC1=O. The third kappa shape index (κ3) is 1.45. The quantitative estimate of drug-likeness (QED) is 0.603. The minimum absolute atomic E-state index is 0.442. The van der Waals surface area contributed by atoms with Crippen LogP contribution in [0.3, 0.4) is 0 Å². The van der Waals surface area contributed by atoms with Gasteiger partial charge in [0, 0.05) is 6.42 Å². The molecule has 13 heavy (non-hydrogen) atoms. The lowest BCUT2D eigenvalue weighted by Crippen LogP contribution is -2.06. The summed E-state index contributed by atoms with van der Waals surface area (Å²) in [6.45, 7) is 4.30. The van der Waals surface area contributed by atoms with E-state index < -0.39 is 0 Å². The standard InChI is InChI=1S/C12H18O/c1-8(2)12-10-6-4-3-5-9(10)7-11(12)13/h8-9H,3-7H2,1-2H3. The number of rotatable bonds is 1. The summed E-state index contributed by atoms with van der Waals surface area (Å²) in [4.78, 5) is 11.7. The lowest BCUT2D eigenvalue weighted by atomic mass is 9.84. The van der Waals surface area contributed by atoms with E-state index in [0.717, 1.165) is 6.42 Å². The van der Waals surface area contributed by atoms with Crippen LogP contribution in [0.5, 0.6) is 0 Å². The normalized spacial score (nSPS) is 28.5. The first-order chi connectivity index (χ1) is 6.20. The van der Waals surface area contributed by atoms with Crippen molar-refractivity contribution in [1.82, 2.24) is 0 Å². The second kappa shape index (κ2) is 3.28. The molecule has 0 amide bonds. The van der Waals surface area contributed by atoms with Crippen molar-refractivity contribution in [1.29, 1.82) is 0 Å². The van der Waals surface area contributed by atoms with E-state index in [1.54, 1.807) is 0 Å². The Morgan fingerprint density at radius 1 is 1.31 bits per heavy atom. The van der Waals surface area contributed by atoms with Crippen LogP contribution in [0.1, 0.15) is 46.0 Å². The van der Waals surface area contributed by atoms with E-state index >= 15 is 0 Å². The number of carbonyl (C=O) groups is 1. The molecular weight excluding hydrogens is 160 g/mol. The Morgan fingerprint density at radius 3 is 2.77 bits per heavy atom. The molecule has 0 aromatic heterocycles. The van der Waals surface area contributed by atoms with Gasteiger partial charge in [-0.2, -0.15) is 0 Å². The summed E-state index contributed by atoms with van der Waals surface area (Å²) in [6, 6.07) is 0. The highest BCUT2D eigenvalue weighted by atomic mass is 16.1. The predicted molar refractivity (Wildman–Crippen MR) is 53.4 cm³/mol. The van der Waals surface area contributed by atoms with Gasteiger partial charge in [0.2, 0.25) is 0 Å². The van der Waals surface area contributed by atoms with Crippen LogP contribution in [0.4, 0.5) is 0 Å². The molecule has 0 aromatic rings. The molecule has 0 spiro atoms. The molecular formula is C12H18O. The second-order valence-corrected chi connectivity index (χ2v) is 4.66. The number of fused-ring (bicyclic) bond motifs is 1. The second-order valence-electron chi connectivity index (χ2n) is 4.66. The van der Waals surface area contributed by atoms with Crippen molar-refractivity contribution in [3.8, 4) is 0 Å². The Morgan fingerprint density at radius 2 is 2.08 bits per heavy atom. The summed E-state index contributed by atoms with van der Waals surface area (Å²) in [7, 11) is 0. The Labute approximate surface area is 80.2 Å². The minimum Gasteiger partial charge on any atom is -0.295 e. The van der Waals surface area contributed by atoms with Crippen LogP contribution in [0, 0.1) is 11.8 Å². The first kappa shape index (κ1) is 8.98. The highest BCUT2D eigenvalue weighted by Gasteiger charge is 2.34. The number of Topliss-reactive ketones (excluding diaryl/α,β-unsaturated/α-hetero) is 1. The summed E-state index contributed by atoms with van der Waals surface area (Å²) < 4.78 is 0. The molecule has 1 nitrogen and oxygen atoms in total. The predicted octanol–water partition coefficient (Wildman–Crippen LogP) is 3.10. The van der Waals surface area contributed by atoms with Crippen LogP contribution in [0.25, 0.3) is 0 Å². The van der Waals surface area contributed by atoms with Gasteiger partial charge in [0.25, 0.3) is 0 Å². The van der Waals surface area contributed by atoms with Gasteiger partial charge in [0.05, 0.1) is 0 Å². The van der Waals surface area contributed by atoms with Crippen LogP contribution < -0.4 is 0 Å². The molecule has 1 unspecified atom stereocenters. The maximum absolute atomic E-state index is 11.7. The van der Waals surface area contributed by atoms with Gasteiger partial charge < -0.3 is 0 Å². The van der Waals surface area contributed by atoms with Gasteiger partial charge in [-0.1, -0.05) is 25.8 Å². The molecule has 0 aliphatic heterocycles. The molecule has 1 fully saturated rings. The molecule has 2 aliphatic rings. The molecule has 0 N–H and O–H groups in total. The summed E-state index contributed by atoms with van der Waals surface area (Å²) in [6.07, 6.45) is 5.91. The van der Waals surface area contributed by atoms with Crippen molar-refractivity contribution in [2.75, 3.05) is 0 Å². The van der Waals surface area contributed by atoms with Crippen molar-refractivity contribution in [3.63, 3.8) is 0 Å². The fraction of sp³-hybridized carbons (Fsp3) is 0.750. The highest BCUT2D eigenvalue weighted by molar-refractivity contribution is 5.99. The van der Waals surface area contributed by atoms with Crippen LogP contribution in [0.2, 0.25) is 0 Å². The van der Waals surface area contributed by atoms with E-state index in [1.807, 2.05) is 0 Å². The molecule has 0 aromatic carbocycles. The maximum atomic E-state index is 11.7. The third-order valence-electron chi connectivity index (χ3n) is 3.40. The minimum atomic E-state index is 0.442. The van der Waals surface area contributed by atoms with Gasteiger partial charge in [-0.25, -0.2) is 0 Å². The molecule has 0 saturated heterocycles. The molecule has 2 aliphatic carbocycles. The van der Waals surface area contributed by atoms with Gasteiger partial charge in [0.15, 0.2) is 5.78 Å². The van der Waals surface area contributed by atoms with Gasteiger partial charge >= 0.3 is 0 Å². The van der Waals surface area contributed by atoms with Gasteiger partial charge in [-0.3, -0.25) is 4.79 Å². The van der Waals surface area contributed by atoms with Crippen LogP contribution in [0.15, 0.2) is 11.1 Å². The van der Waals surface area contributed by atoms with E-state index in [2.05, 4.69) is 13.8 Å². The van der Waals surface area contributed by atoms with E-state index in [1.165, 1.54) is 36.8 Å². The molecule has 0 heterocycles. The highest BCUT2D eigenvalue weighted by Crippen LogP contribution is 2.42. The van der Waals surface area contributed by atoms with Crippen LogP contribution >= 0.6 is 0 Å². The number of ketones is 1. The molecule has 0 radical (unpaired) electrons. The van der Waals surface area contributed by atoms with E-state index in [0.29, 0.717) is 17.6 Å². The summed E-state index contributed by atoms with van der Waals surface area (Å²) in [5, 5.41) is 0. The average Bonchev–Trinajstić information content (AvgIpc) is 2.39. The summed E-state index contributed by atoms with van der Waals surface area (Å²) in [5.74, 6) is 1.53. The first-order valence-corrected chi connectivity index (χ1v) is 5.46. The third-order valence-corrected chi connectivity index (χ3v) is 3.40. The average molecular weight is 178 g/mol. The zero-order valence-corrected chi connectivity index (χ0v) is 8.60.